The molecule has 0 aromatic heterocycles. The smallest absolute Gasteiger partial charge is 0.335 e. The van der Waals surface area contributed by atoms with E-state index in [1.54, 1.807) is 24.3 Å². The van der Waals surface area contributed by atoms with Crippen molar-refractivity contribution in [2.75, 3.05) is 0 Å². The summed E-state index contributed by atoms with van der Waals surface area (Å²) in [5.41, 5.74) is 0.660. The molecule has 1 rings (SSSR count). The Balaban J connectivity index is 2.26. The van der Waals surface area contributed by atoms with Gasteiger partial charge in [-0.3, -0.25) is 4.57 Å². The van der Waals surface area contributed by atoms with Gasteiger partial charge in [-0.05, 0) is 30.5 Å². The molecule has 1 aromatic carbocycles. The predicted octanol–water partition coefficient (Wildman–Crippen LogP) is 9.61. The van der Waals surface area contributed by atoms with Crippen molar-refractivity contribution in [1.29, 1.82) is 0 Å². The molecule has 0 bridgehead atoms. The van der Waals surface area contributed by atoms with Gasteiger partial charge in [-0.1, -0.05) is 142 Å². The van der Waals surface area contributed by atoms with Crippen LogP contribution in [0, 0.1) is 0 Å². The van der Waals surface area contributed by atoms with Gasteiger partial charge in [-0.25, -0.2) is 0 Å². The highest BCUT2D eigenvalue weighted by Crippen LogP contribution is 2.62. The Morgan fingerprint density at radius 3 is 1.32 bits per heavy atom. The molecule has 0 heterocycles. The maximum Gasteiger partial charge on any atom is 0.335 e. The highest BCUT2D eigenvalue weighted by atomic mass is 31.2. The SMILES string of the molecule is CCCCCCCCCCCCCCCCCCC(CCCC)(c1ccc(O)cc1)P(=O)(O)O. The molecule has 1 atom stereocenters. The standard InChI is InChI=1S/C29H53O4P/c1-3-5-7-8-9-10-11-12-13-14-15-16-17-18-19-20-26-29(25-6-4-2,34(31,32)33)27-21-23-28(30)24-22-27/h21-24,30H,3-20,25-26H2,1-2H3,(H2,31,32,33). The number of aromatic hydroxyl groups is 1. The Labute approximate surface area is 210 Å². The van der Waals surface area contributed by atoms with E-state index in [1.807, 2.05) is 0 Å². The molecule has 0 amide bonds. The number of hydrogen-bond acceptors (Lipinski definition) is 2. The quantitative estimate of drug-likeness (QED) is 0.110. The zero-order valence-corrected chi connectivity index (χ0v) is 23.0. The van der Waals surface area contributed by atoms with Crippen LogP contribution in [0.5, 0.6) is 5.75 Å². The van der Waals surface area contributed by atoms with Crippen molar-refractivity contribution in [2.45, 2.75) is 147 Å². The maximum atomic E-state index is 12.7. The van der Waals surface area contributed by atoms with Crippen LogP contribution in [0.1, 0.15) is 148 Å². The maximum absolute atomic E-state index is 12.7. The molecule has 0 radical (unpaired) electrons. The van der Waals surface area contributed by atoms with Crippen molar-refractivity contribution >= 4 is 7.60 Å². The molecule has 198 valence electrons. The van der Waals surface area contributed by atoms with Crippen molar-refractivity contribution in [3.63, 3.8) is 0 Å². The van der Waals surface area contributed by atoms with Crippen LogP contribution in [0.25, 0.3) is 0 Å². The van der Waals surface area contributed by atoms with Crippen molar-refractivity contribution in [1.82, 2.24) is 0 Å². The summed E-state index contributed by atoms with van der Waals surface area (Å²) >= 11 is 0. The summed E-state index contributed by atoms with van der Waals surface area (Å²) in [6.45, 7) is 4.32. The Morgan fingerprint density at radius 1 is 0.588 bits per heavy atom. The molecule has 0 aliphatic carbocycles. The molecule has 34 heavy (non-hydrogen) atoms. The minimum absolute atomic E-state index is 0.126. The van der Waals surface area contributed by atoms with E-state index >= 15 is 0 Å². The normalized spacial score (nSPS) is 13.8. The van der Waals surface area contributed by atoms with Crippen LogP contribution in [-0.2, 0) is 9.72 Å². The lowest BCUT2D eigenvalue weighted by Gasteiger charge is -2.35. The van der Waals surface area contributed by atoms with Crippen LogP contribution in [-0.4, -0.2) is 14.9 Å². The molecule has 0 saturated heterocycles. The number of hydrogen-bond donors (Lipinski definition) is 3. The summed E-state index contributed by atoms with van der Waals surface area (Å²) in [5.74, 6) is 0.126. The summed E-state index contributed by atoms with van der Waals surface area (Å²) in [5, 5.41) is 8.50. The van der Waals surface area contributed by atoms with Crippen LogP contribution >= 0.6 is 7.60 Å². The zero-order valence-electron chi connectivity index (χ0n) is 22.1. The fourth-order valence-corrected chi connectivity index (χ4v) is 6.46. The molecule has 0 spiro atoms. The largest absolute Gasteiger partial charge is 0.508 e. The lowest BCUT2D eigenvalue weighted by molar-refractivity contribution is 0.299. The number of phenols is 1. The summed E-state index contributed by atoms with van der Waals surface area (Å²) in [6, 6.07) is 6.46. The first kappa shape index (κ1) is 31.2. The van der Waals surface area contributed by atoms with E-state index in [1.165, 1.54) is 83.5 Å². The lowest BCUT2D eigenvalue weighted by atomic mass is 9.87. The number of rotatable bonds is 22. The van der Waals surface area contributed by atoms with E-state index in [9.17, 15) is 19.5 Å². The average Bonchev–Trinajstić information content (AvgIpc) is 2.80. The van der Waals surface area contributed by atoms with Gasteiger partial charge in [0.25, 0.3) is 0 Å². The molecule has 5 heteroatoms. The second-order valence-corrected chi connectivity index (χ2v) is 12.2. The van der Waals surface area contributed by atoms with Gasteiger partial charge in [0.05, 0.1) is 5.16 Å². The van der Waals surface area contributed by atoms with Crippen molar-refractivity contribution in [3.05, 3.63) is 29.8 Å². The number of phenolic OH excluding ortho intramolecular Hbond substituents is 1. The van der Waals surface area contributed by atoms with Gasteiger partial charge in [0.2, 0.25) is 0 Å². The fourth-order valence-electron chi connectivity index (χ4n) is 5.08. The molecule has 0 aliphatic rings. The minimum atomic E-state index is -4.35. The molecule has 0 saturated carbocycles. The van der Waals surface area contributed by atoms with E-state index in [0.717, 1.165) is 32.1 Å². The molecule has 4 nitrogen and oxygen atoms in total. The summed E-state index contributed by atoms with van der Waals surface area (Å²) in [7, 11) is -4.35. The van der Waals surface area contributed by atoms with Crippen LogP contribution in [0.15, 0.2) is 24.3 Å². The third kappa shape index (κ3) is 12.2. The van der Waals surface area contributed by atoms with Crippen LogP contribution in [0.2, 0.25) is 0 Å². The molecule has 3 N–H and O–H groups in total. The average molecular weight is 497 g/mol. The van der Waals surface area contributed by atoms with E-state index in [0.29, 0.717) is 18.4 Å². The van der Waals surface area contributed by atoms with Gasteiger partial charge in [0.1, 0.15) is 5.75 Å². The highest BCUT2D eigenvalue weighted by Gasteiger charge is 2.47. The molecule has 0 aliphatic heterocycles. The Kier molecular flexibility index (Phi) is 16.9. The monoisotopic (exact) mass is 496 g/mol. The first-order valence-electron chi connectivity index (χ1n) is 14.2. The summed E-state index contributed by atoms with van der Waals surface area (Å²) < 4.78 is 12.7. The minimum Gasteiger partial charge on any atom is -0.508 e. The molecular formula is C29H53O4P. The van der Waals surface area contributed by atoms with Gasteiger partial charge < -0.3 is 14.9 Å². The topological polar surface area (TPSA) is 77.8 Å². The van der Waals surface area contributed by atoms with Crippen molar-refractivity contribution < 1.29 is 19.5 Å². The summed E-state index contributed by atoms with van der Waals surface area (Å²) in [4.78, 5) is 20.7. The lowest BCUT2D eigenvalue weighted by Crippen LogP contribution is -2.26. The van der Waals surface area contributed by atoms with E-state index in [2.05, 4.69) is 13.8 Å². The first-order chi connectivity index (χ1) is 16.4. The molecule has 1 unspecified atom stereocenters. The third-order valence-corrected chi connectivity index (χ3v) is 9.17. The fraction of sp³-hybridized carbons (Fsp3) is 0.793. The van der Waals surface area contributed by atoms with E-state index in [-0.39, 0.29) is 5.75 Å². The first-order valence-corrected chi connectivity index (χ1v) is 15.8. The van der Waals surface area contributed by atoms with Crippen LogP contribution < -0.4 is 0 Å². The van der Waals surface area contributed by atoms with Crippen LogP contribution in [0.4, 0.5) is 0 Å². The third-order valence-electron chi connectivity index (χ3n) is 7.35. The van der Waals surface area contributed by atoms with Crippen LogP contribution in [0.3, 0.4) is 0 Å². The second-order valence-electron chi connectivity index (χ2n) is 10.3. The second kappa shape index (κ2) is 18.4. The van der Waals surface area contributed by atoms with Gasteiger partial charge in [0, 0.05) is 0 Å². The van der Waals surface area contributed by atoms with Gasteiger partial charge in [-0.2, -0.15) is 0 Å². The predicted molar refractivity (Wildman–Crippen MR) is 146 cm³/mol. The van der Waals surface area contributed by atoms with Crippen molar-refractivity contribution in [2.24, 2.45) is 0 Å². The number of unbranched alkanes of at least 4 members (excludes halogenated alkanes) is 16. The molecular weight excluding hydrogens is 443 g/mol. The highest BCUT2D eigenvalue weighted by molar-refractivity contribution is 7.53. The van der Waals surface area contributed by atoms with Gasteiger partial charge >= 0.3 is 7.60 Å². The summed E-state index contributed by atoms with van der Waals surface area (Å²) in [6.07, 6.45) is 23.3. The zero-order chi connectivity index (χ0) is 25.1. The Morgan fingerprint density at radius 2 is 0.941 bits per heavy atom. The molecule has 0 fully saturated rings. The van der Waals surface area contributed by atoms with Crippen molar-refractivity contribution in [3.8, 4) is 5.75 Å². The Bertz CT molecular complexity index is 655. The van der Waals surface area contributed by atoms with Gasteiger partial charge in [-0.15, -0.1) is 0 Å². The van der Waals surface area contributed by atoms with E-state index < -0.39 is 12.8 Å². The molecule has 1 aromatic rings. The Hall–Kier alpha value is -0.830. The van der Waals surface area contributed by atoms with E-state index in [4.69, 9.17) is 0 Å². The van der Waals surface area contributed by atoms with Gasteiger partial charge in [0.15, 0.2) is 0 Å². The number of benzene rings is 1.